The molecule has 36 heavy (non-hydrogen) atoms. The van der Waals surface area contributed by atoms with Crippen molar-refractivity contribution in [2.45, 2.75) is 4.32 Å². The zero-order chi connectivity index (χ0) is 26.4. The second kappa shape index (κ2) is 8.23. The van der Waals surface area contributed by atoms with E-state index in [1.54, 1.807) is 24.3 Å². The Balaban J connectivity index is 2.38. The molecular formula is C24H10Br4O8. The number of hydrogen-bond acceptors (Lipinski definition) is 4. The van der Waals surface area contributed by atoms with Crippen LogP contribution < -0.4 is 5.22 Å². The summed E-state index contributed by atoms with van der Waals surface area (Å²) in [6.07, 6.45) is 0. The monoisotopic (exact) mass is 742 g/mol. The molecule has 4 N–H and O–H groups in total. The number of aliphatic carboxylic acids is 3. The Kier molecular flexibility index (Phi) is 5.75. The van der Waals surface area contributed by atoms with Crippen molar-refractivity contribution in [3.63, 3.8) is 0 Å². The molecule has 4 aromatic carbocycles. The van der Waals surface area contributed by atoms with Gasteiger partial charge < -0.3 is 20.4 Å². The Labute approximate surface area is 234 Å². The molecule has 12 heteroatoms. The molecule has 0 aromatic heterocycles. The number of alkyl halides is 1. The van der Waals surface area contributed by atoms with E-state index in [1.165, 1.54) is 6.07 Å². The van der Waals surface area contributed by atoms with Gasteiger partial charge in [0, 0.05) is 34.8 Å². The van der Waals surface area contributed by atoms with Gasteiger partial charge in [0.05, 0.1) is 11.1 Å². The van der Waals surface area contributed by atoms with Crippen LogP contribution in [0.5, 0.6) is 0 Å². The summed E-state index contributed by atoms with van der Waals surface area (Å²) < 4.78 is -1.17. The Bertz CT molecular complexity index is 1810. The summed E-state index contributed by atoms with van der Waals surface area (Å²) in [6.45, 7) is 0. The molecule has 2 unspecified atom stereocenters. The molecule has 1 aliphatic carbocycles. The predicted molar refractivity (Wildman–Crippen MR) is 145 cm³/mol. The van der Waals surface area contributed by atoms with Crippen molar-refractivity contribution in [2.24, 2.45) is 5.92 Å². The van der Waals surface area contributed by atoms with E-state index in [4.69, 9.17) is 0 Å². The van der Waals surface area contributed by atoms with Crippen LogP contribution in [-0.2, 0) is 18.7 Å². The highest BCUT2D eigenvalue weighted by Gasteiger charge is 2.57. The van der Waals surface area contributed by atoms with E-state index in [0.29, 0.717) is 35.9 Å². The van der Waals surface area contributed by atoms with Gasteiger partial charge in [0.1, 0.15) is 5.92 Å². The highest BCUT2D eigenvalue weighted by Crippen LogP contribution is 2.55. The lowest BCUT2D eigenvalue weighted by molar-refractivity contribution is -0.150. The maximum atomic E-state index is 12.9. The van der Waals surface area contributed by atoms with Crippen LogP contribution in [0.3, 0.4) is 0 Å². The number of carboxylic acids is 4. The maximum absolute atomic E-state index is 12.9. The standard InChI is InChI=1S/C24H10Br4O8/c25-8-3-1-6-2-4-9(26)15-11(6)13(8)14-10(27)5-7(20(29)30)12-16(14)18(15)24(28,23(35)36)19(22(33)34)17(12)21(31)32/h1-5,19H,(H,29,30)(H,31,32)(H,33,34)(H,35,36). The minimum atomic E-state index is -2.46. The number of aromatic carboxylic acids is 1. The van der Waals surface area contributed by atoms with Crippen molar-refractivity contribution >= 4 is 125 Å². The van der Waals surface area contributed by atoms with Crippen molar-refractivity contribution in [3.05, 3.63) is 60.1 Å². The van der Waals surface area contributed by atoms with Crippen molar-refractivity contribution in [1.29, 1.82) is 0 Å². The zero-order valence-corrected chi connectivity index (χ0v) is 23.7. The van der Waals surface area contributed by atoms with Crippen LogP contribution in [0.1, 0.15) is 15.9 Å². The van der Waals surface area contributed by atoms with Gasteiger partial charge in [-0.2, -0.15) is 0 Å². The van der Waals surface area contributed by atoms with Gasteiger partial charge in [-0.15, -0.1) is 0 Å². The van der Waals surface area contributed by atoms with Crippen molar-refractivity contribution < 1.29 is 39.6 Å². The van der Waals surface area contributed by atoms with Gasteiger partial charge in [0.25, 0.3) is 0 Å². The molecule has 0 amide bonds. The number of hydrogen-bond donors (Lipinski definition) is 4. The maximum Gasteiger partial charge on any atom is 0.336 e. The molecule has 0 saturated carbocycles. The van der Waals surface area contributed by atoms with Crippen molar-refractivity contribution in [2.75, 3.05) is 0 Å². The number of carboxylic acid groups (broad SMARTS) is 4. The van der Waals surface area contributed by atoms with Gasteiger partial charge in [-0.05, 0) is 39.9 Å². The van der Waals surface area contributed by atoms with Crippen molar-refractivity contribution in [1.82, 2.24) is 0 Å². The lowest BCUT2D eigenvalue weighted by Crippen LogP contribution is -2.49. The van der Waals surface area contributed by atoms with Crippen LogP contribution in [0.4, 0.5) is 0 Å². The molecule has 2 atom stereocenters. The highest BCUT2D eigenvalue weighted by molar-refractivity contribution is 9.11. The molecule has 0 fully saturated rings. The van der Waals surface area contributed by atoms with Gasteiger partial charge >= 0.3 is 23.9 Å². The normalized spacial score (nSPS) is 19.2. The molecule has 0 heterocycles. The van der Waals surface area contributed by atoms with E-state index in [9.17, 15) is 39.6 Å². The van der Waals surface area contributed by atoms with E-state index in [1.807, 2.05) is 0 Å². The van der Waals surface area contributed by atoms with Gasteiger partial charge in [0.15, 0.2) is 4.32 Å². The average Bonchev–Trinajstić information content (AvgIpc) is 2.79. The summed E-state index contributed by atoms with van der Waals surface area (Å²) in [5.74, 6) is -8.79. The van der Waals surface area contributed by atoms with Gasteiger partial charge in [-0.3, -0.25) is 9.59 Å². The fraction of sp³-hybridized carbons (Fsp3) is 0.0833. The molecule has 0 spiro atoms. The van der Waals surface area contributed by atoms with Crippen LogP contribution in [0.2, 0.25) is 0 Å². The molecule has 0 radical (unpaired) electrons. The Morgan fingerprint density at radius 3 is 1.78 bits per heavy atom. The van der Waals surface area contributed by atoms with Crippen LogP contribution in [0.15, 0.2) is 43.7 Å². The molecule has 5 rings (SSSR count). The lowest BCUT2D eigenvalue weighted by Gasteiger charge is -2.37. The molecule has 0 bridgehead atoms. The quantitative estimate of drug-likeness (QED) is 0.122. The fourth-order valence-electron chi connectivity index (χ4n) is 5.18. The summed E-state index contributed by atoms with van der Waals surface area (Å²) in [5.41, 5.74) is -1.37. The van der Waals surface area contributed by atoms with Gasteiger partial charge in [-0.1, -0.05) is 75.9 Å². The average molecular weight is 746 g/mol. The predicted octanol–water partition coefficient (Wildman–Crippen LogP) is 5.48. The first kappa shape index (κ1) is 25.1. The topological polar surface area (TPSA) is 149 Å². The smallest absolute Gasteiger partial charge is 0.336 e. The third kappa shape index (κ3) is 3.07. The minimum Gasteiger partial charge on any atom is -0.481 e. The molecule has 1 aliphatic rings. The molecule has 4 aromatic rings. The van der Waals surface area contributed by atoms with E-state index < -0.39 is 45.3 Å². The third-order valence-electron chi connectivity index (χ3n) is 6.45. The number of halogens is 4. The van der Waals surface area contributed by atoms with Crippen LogP contribution in [-0.4, -0.2) is 44.3 Å². The first-order valence-electron chi connectivity index (χ1n) is 9.98. The molecule has 0 saturated heterocycles. The van der Waals surface area contributed by atoms with Crippen LogP contribution in [0, 0.1) is 5.92 Å². The van der Waals surface area contributed by atoms with Crippen LogP contribution in [0.25, 0.3) is 37.9 Å². The number of carbonyl (C=O) groups is 4. The van der Waals surface area contributed by atoms with E-state index >= 15 is 0 Å². The minimum absolute atomic E-state index is 0.0172. The fourth-order valence-corrected chi connectivity index (χ4v) is 7.68. The Morgan fingerprint density at radius 1 is 0.722 bits per heavy atom. The molecule has 182 valence electrons. The zero-order valence-electron chi connectivity index (χ0n) is 17.4. The first-order chi connectivity index (χ1) is 16.8. The van der Waals surface area contributed by atoms with Gasteiger partial charge in [0.2, 0.25) is 0 Å². The Hall–Kier alpha value is -2.54. The number of rotatable bonds is 4. The largest absolute Gasteiger partial charge is 0.481 e. The summed E-state index contributed by atoms with van der Waals surface area (Å²) in [6, 6.07) is 8.26. The van der Waals surface area contributed by atoms with Crippen molar-refractivity contribution in [3.8, 4) is 0 Å². The molecular weight excluding hydrogens is 736 g/mol. The molecule has 8 nitrogen and oxygen atoms in total. The lowest BCUT2D eigenvalue weighted by atomic mass is 9.70. The van der Waals surface area contributed by atoms with E-state index in [-0.39, 0.29) is 20.6 Å². The first-order valence-corrected chi connectivity index (χ1v) is 13.2. The number of benzene rings is 4. The summed E-state index contributed by atoms with van der Waals surface area (Å²) in [4.78, 5) is 50.3. The van der Waals surface area contributed by atoms with E-state index in [2.05, 4.69) is 63.7 Å². The molecule has 0 aliphatic heterocycles. The summed E-state index contributed by atoms with van der Waals surface area (Å²) >= 11 is 13.6. The third-order valence-corrected chi connectivity index (χ3v) is 9.59. The second-order valence-corrected chi connectivity index (χ2v) is 12.0. The Morgan fingerprint density at radius 2 is 1.28 bits per heavy atom. The highest BCUT2D eigenvalue weighted by atomic mass is 79.9. The van der Waals surface area contributed by atoms with E-state index in [0.717, 1.165) is 0 Å². The second-order valence-electron chi connectivity index (χ2n) is 8.16. The summed E-state index contributed by atoms with van der Waals surface area (Å²) in [7, 11) is 0. The van der Waals surface area contributed by atoms with Gasteiger partial charge in [-0.25, -0.2) is 9.59 Å². The van der Waals surface area contributed by atoms with Crippen LogP contribution >= 0.6 is 63.7 Å². The summed E-state index contributed by atoms with van der Waals surface area (Å²) in [5, 5.41) is 43.1. The SMILES string of the molecule is O=C(O)C1=c2c(C(=O)O)cc(Br)c3c2c(c2c(Br)ccc4ccc(Br)c3c42)C(Br)(C(=O)O)C1C(=O)O. The number of fused-ring (bicyclic) bond motifs is 2.